The molecule has 0 radical (unpaired) electrons. The van der Waals surface area contributed by atoms with Gasteiger partial charge in [0, 0.05) is 31.7 Å². The van der Waals surface area contributed by atoms with Crippen LogP contribution in [-0.2, 0) is 23.8 Å². The molecule has 0 N–H and O–H groups in total. The number of ether oxygens (including phenoxy) is 3. The molecule has 0 atom stereocenters. The zero-order chi connectivity index (χ0) is 15.4. The fourth-order valence-electron chi connectivity index (χ4n) is 1.22. The second kappa shape index (κ2) is 10.8. The Morgan fingerprint density at radius 1 is 0.950 bits per heavy atom. The molecule has 0 aromatic carbocycles. The Bertz CT molecular complexity index is 349. The Morgan fingerprint density at radius 2 is 1.50 bits per heavy atom. The van der Waals surface area contributed by atoms with E-state index in [1.54, 1.807) is 4.90 Å². The van der Waals surface area contributed by atoms with Gasteiger partial charge in [-0.15, -0.1) is 0 Å². The highest BCUT2D eigenvalue weighted by atomic mass is 16.6. The molecule has 0 heterocycles. The lowest BCUT2D eigenvalue weighted by Crippen LogP contribution is -2.31. The van der Waals surface area contributed by atoms with Crippen molar-refractivity contribution in [1.29, 1.82) is 0 Å². The fraction of sp³-hybridized carbons (Fsp3) is 0.615. The highest BCUT2D eigenvalue weighted by Crippen LogP contribution is 1.95. The van der Waals surface area contributed by atoms with Gasteiger partial charge in [-0.3, -0.25) is 0 Å². The zero-order valence-corrected chi connectivity index (χ0v) is 12.1. The van der Waals surface area contributed by atoms with Gasteiger partial charge in [0.15, 0.2) is 0 Å². The second-order valence-corrected chi connectivity index (χ2v) is 3.66. The Labute approximate surface area is 118 Å². The average molecular weight is 287 g/mol. The van der Waals surface area contributed by atoms with E-state index in [9.17, 15) is 14.4 Å². The van der Waals surface area contributed by atoms with Crippen LogP contribution in [0.2, 0.25) is 0 Å². The summed E-state index contributed by atoms with van der Waals surface area (Å²) in [7, 11) is 1.21. The van der Waals surface area contributed by atoms with E-state index < -0.39 is 11.9 Å². The van der Waals surface area contributed by atoms with Crippen LogP contribution in [0.15, 0.2) is 12.2 Å². The first-order valence-electron chi connectivity index (χ1n) is 6.39. The molecule has 7 heteroatoms. The number of carbonyl (C=O) groups excluding carboxylic acids is 3. The molecule has 0 unspecified atom stereocenters. The normalized spacial score (nSPS) is 10.2. The highest BCUT2D eigenvalue weighted by Gasteiger charge is 2.09. The maximum atomic E-state index is 11.4. The quantitative estimate of drug-likeness (QED) is 0.288. The summed E-state index contributed by atoms with van der Waals surface area (Å²) in [6.45, 7) is 5.17. The predicted molar refractivity (Wildman–Crippen MR) is 71.0 cm³/mol. The van der Waals surface area contributed by atoms with Gasteiger partial charge in [0.2, 0.25) is 0 Å². The molecule has 114 valence electrons. The van der Waals surface area contributed by atoms with Gasteiger partial charge in [-0.2, -0.15) is 0 Å². The first-order valence-corrected chi connectivity index (χ1v) is 6.39. The molecule has 0 aromatic heterocycles. The van der Waals surface area contributed by atoms with Gasteiger partial charge in [0.1, 0.15) is 0 Å². The predicted octanol–water partition coefficient (Wildman–Crippen LogP) is 1.13. The molecule has 0 aliphatic carbocycles. The molecule has 0 saturated carbocycles. The van der Waals surface area contributed by atoms with Crippen molar-refractivity contribution >= 4 is 18.0 Å². The molecule has 0 saturated heterocycles. The lowest BCUT2D eigenvalue weighted by atomic mass is 10.4. The lowest BCUT2D eigenvalue weighted by Gasteiger charge is -2.17. The van der Waals surface area contributed by atoms with Crippen LogP contribution in [0, 0.1) is 0 Å². The highest BCUT2D eigenvalue weighted by molar-refractivity contribution is 5.91. The van der Waals surface area contributed by atoms with Crippen LogP contribution in [0.4, 0.5) is 4.79 Å². The first kappa shape index (κ1) is 17.9. The van der Waals surface area contributed by atoms with Crippen LogP contribution in [0.5, 0.6) is 0 Å². The van der Waals surface area contributed by atoms with Crippen molar-refractivity contribution in [1.82, 2.24) is 4.90 Å². The van der Waals surface area contributed by atoms with Crippen LogP contribution in [0.1, 0.15) is 20.3 Å². The minimum Gasteiger partial charge on any atom is -0.466 e. The molecule has 0 aliphatic heterocycles. The van der Waals surface area contributed by atoms with Crippen LogP contribution in [0.25, 0.3) is 0 Å². The smallest absolute Gasteiger partial charge is 0.409 e. The minimum atomic E-state index is -0.648. The molecule has 1 amide bonds. The summed E-state index contributed by atoms with van der Waals surface area (Å²) in [5.74, 6) is -1.28. The molecular weight excluding hydrogens is 266 g/mol. The maximum Gasteiger partial charge on any atom is 0.409 e. The number of rotatable bonds is 8. The van der Waals surface area contributed by atoms with Gasteiger partial charge in [0.25, 0.3) is 0 Å². The molecule has 0 aliphatic rings. The largest absolute Gasteiger partial charge is 0.466 e. The standard InChI is InChI=1S/C13H21NO6/c1-4-14(5-2)13(17)20-10-6-9-19-12(16)8-7-11(15)18-3/h7-8H,4-6,9-10H2,1-3H3/b8-7+. The van der Waals surface area contributed by atoms with E-state index in [0.29, 0.717) is 19.5 Å². The first-order chi connectivity index (χ1) is 9.54. The van der Waals surface area contributed by atoms with E-state index in [2.05, 4.69) is 4.74 Å². The Morgan fingerprint density at radius 3 is 2.05 bits per heavy atom. The Kier molecular flexibility index (Phi) is 9.72. The summed E-state index contributed by atoms with van der Waals surface area (Å²) in [5, 5.41) is 0. The number of hydrogen-bond acceptors (Lipinski definition) is 6. The van der Waals surface area contributed by atoms with E-state index in [1.807, 2.05) is 13.8 Å². The van der Waals surface area contributed by atoms with E-state index in [4.69, 9.17) is 9.47 Å². The summed E-state index contributed by atoms with van der Waals surface area (Å²) in [6.07, 6.45) is 1.97. The van der Waals surface area contributed by atoms with E-state index >= 15 is 0 Å². The van der Waals surface area contributed by atoms with Crippen molar-refractivity contribution in [2.45, 2.75) is 20.3 Å². The molecule has 7 nitrogen and oxygen atoms in total. The molecule has 0 aromatic rings. The van der Waals surface area contributed by atoms with Crippen molar-refractivity contribution in [2.75, 3.05) is 33.4 Å². The number of hydrogen-bond donors (Lipinski definition) is 0. The van der Waals surface area contributed by atoms with Crippen molar-refractivity contribution in [3.8, 4) is 0 Å². The monoisotopic (exact) mass is 287 g/mol. The van der Waals surface area contributed by atoms with Crippen molar-refractivity contribution < 1.29 is 28.6 Å². The summed E-state index contributed by atoms with van der Waals surface area (Å²) < 4.78 is 14.1. The molecule has 0 bridgehead atoms. The van der Waals surface area contributed by atoms with Gasteiger partial charge in [-0.05, 0) is 13.8 Å². The van der Waals surface area contributed by atoms with Crippen LogP contribution in [0.3, 0.4) is 0 Å². The summed E-state index contributed by atoms with van der Waals surface area (Å²) in [6, 6.07) is 0. The average Bonchev–Trinajstić information content (AvgIpc) is 2.45. The molecule has 0 rings (SSSR count). The van der Waals surface area contributed by atoms with Crippen LogP contribution in [-0.4, -0.2) is 56.3 Å². The fourth-order valence-corrected chi connectivity index (χ4v) is 1.22. The third kappa shape index (κ3) is 8.12. The molecule has 20 heavy (non-hydrogen) atoms. The summed E-state index contributed by atoms with van der Waals surface area (Å²) in [4.78, 5) is 34.8. The van der Waals surface area contributed by atoms with Crippen LogP contribution >= 0.6 is 0 Å². The lowest BCUT2D eigenvalue weighted by molar-refractivity contribution is -0.139. The number of methoxy groups -OCH3 is 1. The Balaban J connectivity index is 3.72. The topological polar surface area (TPSA) is 82.1 Å². The number of carbonyl (C=O) groups is 3. The van der Waals surface area contributed by atoms with Gasteiger partial charge in [-0.1, -0.05) is 0 Å². The van der Waals surface area contributed by atoms with Gasteiger partial charge < -0.3 is 19.1 Å². The molecule has 0 fully saturated rings. The van der Waals surface area contributed by atoms with Crippen molar-refractivity contribution in [2.24, 2.45) is 0 Å². The maximum absolute atomic E-state index is 11.4. The number of esters is 2. The third-order valence-electron chi connectivity index (χ3n) is 2.34. The van der Waals surface area contributed by atoms with E-state index in [-0.39, 0.29) is 19.3 Å². The molecule has 0 spiro atoms. The minimum absolute atomic E-state index is 0.107. The van der Waals surface area contributed by atoms with E-state index in [1.165, 1.54) is 7.11 Å². The van der Waals surface area contributed by atoms with Crippen molar-refractivity contribution in [3.05, 3.63) is 12.2 Å². The van der Waals surface area contributed by atoms with Crippen molar-refractivity contribution in [3.63, 3.8) is 0 Å². The third-order valence-corrected chi connectivity index (χ3v) is 2.34. The van der Waals surface area contributed by atoms with Gasteiger partial charge in [0.05, 0.1) is 20.3 Å². The summed E-state index contributed by atoms with van der Waals surface area (Å²) >= 11 is 0. The Hall–Kier alpha value is -2.05. The number of nitrogens with zero attached hydrogens (tertiary/aromatic N) is 1. The number of amides is 1. The van der Waals surface area contributed by atoms with Gasteiger partial charge in [-0.25, -0.2) is 14.4 Å². The van der Waals surface area contributed by atoms with E-state index in [0.717, 1.165) is 12.2 Å². The summed E-state index contributed by atoms with van der Waals surface area (Å²) in [5.41, 5.74) is 0. The zero-order valence-electron chi connectivity index (χ0n) is 12.1. The second-order valence-electron chi connectivity index (χ2n) is 3.66. The molecular formula is C13H21NO6. The SMILES string of the molecule is CCN(CC)C(=O)OCCCOC(=O)/C=C/C(=O)OC. The van der Waals surface area contributed by atoms with Gasteiger partial charge >= 0.3 is 18.0 Å². The van der Waals surface area contributed by atoms with Crippen LogP contribution < -0.4 is 0 Å².